The molecule has 2 aliphatic carbocycles. The Kier molecular flexibility index (Phi) is 7.82. The van der Waals surface area contributed by atoms with Crippen LogP contribution in [0.2, 0.25) is 0 Å². The molecule has 0 bridgehead atoms. The molecule has 3 rings (SSSR count). The summed E-state index contributed by atoms with van der Waals surface area (Å²) in [4.78, 5) is 1.45. The number of rotatable bonds is 7. The van der Waals surface area contributed by atoms with Crippen molar-refractivity contribution in [1.82, 2.24) is 0 Å². The van der Waals surface area contributed by atoms with E-state index in [0.29, 0.717) is 7.92 Å². The van der Waals surface area contributed by atoms with Crippen LogP contribution in [-0.4, -0.2) is 23.2 Å². The first-order valence-electron chi connectivity index (χ1n) is 9.87. The zero-order valence-electron chi connectivity index (χ0n) is 14.6. The first-order valence-corrected chi connectivity index (χ1v) is 12.5. The lowest BCUT2D eigenvalue weighted by atomic mass is 9.99. The van der Waals surface area contributed by atoms with Crippen molar-refractivity contribution in [3.8, 4) is 0 Å². The van der Waals surface area contributed by atoms with Crippen LogP contribution in [0.3, 0.4) is 0 Å². The molecule has 0 aliphatic heterocycles. The van der Waals surface area contributed by atoms with Gasteiger partial charge in [-0.1, -0.05) is 56.7 Å². The minimum absolute atomic E-state index is 0.309. The molecule has 0 N–H and O–H groups in total. The van der Waals surface area contributed by atoms with E-state index in [0.717, 1.165) is 11.3 Å². The molecule has 23 heavy (non-hydrogen) atoms. The molecule has 0 heterocycles. The third-order valence-corrected chi connectivity index (χ3v) is 10.5. The lowest BCUT2D eigenvalue weighted by Gasteiger charge is -2.38. The van der Waals surface area contributed by atoms with Gasteiger partial charge in [0.05, 0.1) is 0 Å². The van der Waals surface area contributed by atoms with Gasteiger partial charge in [-0.15, -0.1) is 19.7 Å². The molecular formula is C21H33PS. The van der Waals surface area contributed by atoms with E-state index in [1.807, 2.05) is 0 Å². The molecule has 2 fully saturated rings. The van der Waals surface area contributed by atoms with Crippen molar-refractivity contribution in [2.45, 2.75) is 86.8 Å². The van der Waals surface area contributed by atoms with Crippen LogP contribution in [0, 0.1) is 0 Å². The fourth-order valence-electron chi connectivity index (χ4n) is 4.44. The van der Waals surface area contributed by atoms with Crippen LogP contribution >= 0.6 is 19.7 Å². The Morgan fingerprint density at radius 3 is 1.91 bits per heavy atom. The van der Waals surface area contributed by atoms with Gasteiger partial charge in [-0.05, 0) is 67.5 Å². The van der Waals surface area contributed by atoms with Gasteiger partial charge < -0.3 is 0 Å². The topological polar surface area (TPSA) is 0 Å². The fraction of sp³-hybridized carbons (Fsp3) is 0.714. The molecular weight excluding hydrogens is 315 g/mol. The molecule has 1 aromatic rings. The minimum atomic E-state index is 0.309. The lowest BCUT2D eigenvalue weighted by molar-refractivity contribution is 0.484. The van der Waals surface area contributed by atoms with Crippen molar-refractivity contribution in [2.24, 2.45) is 0 Å². The Hall–Kier alpha value is -0.0000000000000000555. The van der Waals surface area contributed by atoms with Crippen molar-refractivity contribution in [3.63, 3.8) is 0 Å². The van der Waals surface area contributed by atoms with Gasteiger partial charge in [0, 0.05) is 4.90 Å². The van der Waals surface area contributed by atoms with Gasteiger partial charge in [0.15, 0.2) is 0 Å². The van der Waals surface area contributed by atoms with Crippen LogP contribution < -0.4 is 0 Å². The maximum Gasteiger partial charge on any atom is 0.00719 e. The normalized spacial score (nSPS) is 20.9. The molecule has 0 amide bonds. The Morgan fingerprint density at radius 2 is 1.35 bits per heavy atom. The quantitative estimate of drug-likeness (QED) is 0.283. The second kappa shape index (κ2) is 10.1. The molecule has 2 saturated carbocycles. The number of hydrogen-bond donors (Lipinski definition) is 0. The predicted molar refractivity (Wildman–Crippen MR) is 107 cm³/mol. The van der Waals surface area contributed by atoms with E-state index in [4.69, 9.17) is 0 Å². The van der Waals surface area contributed by atoms with Crippen molar-refractivity contribution in [2.75, 3.05) is 11.9 Å². The van der Waals surface area contributed by atoms with E-state index < -0.39 is 0 Å². The number of thioether (sulfide) groups is 1. The summed E-state index contributed by atoms with van der Waals surface area (Å²) in [6.45, 7) is 0. The molecule has 128 valence electrons. The average Bonchev–Trinajstić information content (AvgIpc) is 2.64. The van der Waals surface area contributed by atoms with E-state index in [-0.39, 0.29) is 0 Å². The number of hydrogen-bond acceptors (Lipinski definition) is 1. The molecule has 0 spiro atoms. The highest BCUT2D eigenvalue weighted by Gasteiger charge is 2.30. The van der Waals surface area contributed by atoms with Gasteiger partial charge in [0.2, 0.25) is 0 Å². The summed E-state index contributed by atoms with van der Waals surface area (Å²) in [5.41, 5.74) is 2.26. The third-order valence-electron chi connectivity index (χ3n) is 5.66. The maximum absolute atomic E-state index is 2.26. The fourth-order valence-corrected chi connectivity index (χ4v) is 9.44. The lowest BCUT2D eigenvalue weighted by Crippen LogP contribution is -2.22. The molecule has 0 aromatic heterocycles. The predicted octanol–water partition coefficient (Wildman–Crippen LogP) is 7.32. The Labute approximate surface area is 149 Å². The molecule has 0 radical (unpaired) electrons. The van der Waals surface area contributed by atoms with Gasteiger partial charge in [-0.3, -0.25) is 0 Å². The zero-order chi connectivity index (χ0) is 15.7. The Morgan fingerprint density at radius 1 is 0.783 bits per heavy atom. The first kappa shape index (κ1) is 17.8. The van der Waals surface area contributed by atoms with Crippen LogP contribution in [0.4, 0.5) is 0 Å². The molecule has 0 saturated heterocycles. The van der Waals surface area contributed by atoms with Crippen LogP contribution in [0.15, 0.2) is 35.2 Å². The smallest absolute Gasteiger partial charge is 0.00719 e. The largest absolute Gasteiger partial charge is 0.126 e. The first-order chi connectivity index (χ1) is 11.4. The molecule has 0 nitrogen and oxygen atoms in total. The maximum atomic E-state index is 2.26. The van der Waals surface area contributed by atoms with E-state index in [2.05, 4.69) is 42.1 Å². The summed E-state index contributed by atoms with van der Waals surface area (Å²) >= 11 is 2.07. The molecule has 1 aromatic carbocycles. The summed E-state index contributed by atoms with van der Waals surface area (Å²) in [7, 11) is 0.309. The monoisotopic (exact) mass is 348 g/mol. The molecule has 2 aliphatic rings. The van der Waals surface area contributed by atoms with Gasteiger partial charge >= 0.3 is 0 Å². The summed E-state index contributed by atoms with van der Waals surface area (Å²) in [6.07, 6.45) is 18.4. The molecule has 0 unspecified atom stereocenters. The Bertz CT molecular complexity index is 403. The van der Waals surface area contributed by atoms with Crippen molar-refractivity contribution in [1.29, 1.82) is 0 Å². The van der Waals surface area contributed by atoms with Gasteiger partial charge in [-0.2, -0.15) is 0 Å². The van der Waals surface area contributed by atoms with Crippen LogP contribution in [0.5, 0.6) is 0 Å². The standard InChI is InChI=1S/C21H33PS/c1-4-11-19(12-5-1)22(20-13-6-2-7-14-20)17-10-18-23-21-15-8-3-9-16-21/h3,8-9,15-16,19-20H,1-2,4-7,10-14,17-18H2. The summed E-state index contributed by atoms with van der Waals surface area (Å²) in [5.74, 6) is 1.32. The zero-order valence-corrected chi connectivity index (χ0v) is 16.3. The second-order valence-corrected chi connectivity index (χ2v) is 11.4. The third kappa shape index (κ3) is 5.79. The average molecular weight is 349 g/mol. The van der Waals surface area contributed by atoms with E-state index in [9.17, 15) is 0 Å². The molecule has 0 atom stereocenters. The van der Waals surface area contributed by atoms with Crippen molar-refractivity contribution >= 4 is 19.7 Å². The summed E-state index contributed by atoms with van der Waals surface area (Å²) in [6, 6.07) is 11.0. The van der Waals surface area contributed by atoms with Crippen molar-refractivity contribution < 1.29 is 0 Å². The van der Waals surface area contributed by atoms with Gasteiger partial charge in [-0.25, -0.2) is 0 Å². The van der Waals surface area contributed by atoms with Crippen LogP contribution in [-0.2, 0) is 0 Å². The number of benzene rings is 1. The molecule has 2 heteroatoms. The van der Waals surface area contributed by atoms with E-state index in [1.54, 1.807) is 31.8 Å². The minimum Gasteiger partial charge on any atom is -0.126 e. The highest BCUT2D eigenvalue weighted by Crippen LogP contribution is 2.56. The van der Waals surface area contributed by atoms with E-state index >= 15 is 0 Å². The van der Waals surface area contributed by atoms with Gasteiger partial charge in [0.25, 0.3) is 0 Å². The van der Waals surface area contributed by atoms with Crippen LogP contribution in [0.25, 0.3) is 0 Å². The SMILES string of the molecule is c1ccc(SCCCP(C2CCCCC2)C2CCCCC2)cc1. The summed E-state index contributed by atoms with van der Waals surface area (Å²) < 4.78 is 0. The second-order valence-electron chi connectivity index (χ2n) is 7.34. The van der Waals surface area contributed by atoms with Crippen molar-refractivity contribution in [3.05, 3.63) is 30.3 Å². The van der Waals surface area contributed by atoms with Crippen LogP contribution in [0.1, 0.15) is 70.6 Å². The highest BCUT2D eigenvalue weighted by molar-refractivity contribution is 7.99. The highest BCUT2D eigenvalue weighted by atomic mass is 32.2. The van der Waals surface area contributed by atoms with Gasteiger partial charge in [0.1, 0.15) is 0 Å². The summed E-state index contributed by atoms with van der Waals surface area (Å²) in [5, 5.41) is 0. The van der Waals surface area contributed by atoms with E-state index in [1.165, 1.54) is 55.6 Å². The Balaban J connectivity index is 1.48.